The van der Waals surface area contributed by atoms with E-state index in [2.05, 4.69) is 33.2 Å². The Morgan fingerprint density at radius 3 is 2.96 bits per heavy atom. The number of pyridine rings is 1. The van der Waals surface area contributed by atoms with E-state index >= 15 is 0 Å². The average Bonchev–Trinajstić information content (AvgIpc) is 3.33. The molecule has 6 nitrogen and oxygen atoms in total. The molecule has 0 amide bonds. The van der Waals surface area contributed by atoms with Crippen LogP contribution < -0.4 is 0 Å². The molecule has 2 aromatic heterocycles. The molecule has 24 heavy (non-hydrogen) atoms. The Labute approximate surface area is 142 Å². The van der Waals surface area contributed by atoms with Crippen molar-refractivity contribution < 1.29 is 4.74 Å². The largest absolute Gasteiger partial charge is 0.380 e. The summed E-state index contributed by atoms with van der Waals surface area (Å²) in [6.07, 6.45) is 6.42. The molecule has 1 saturated carbocycles. The first-order valence-corrected chi connectivity index (χ1v) is 8.94. The zero-order chi connectivity index (χ0) is 16.4. The van der Waals surface area contributed by atoms with Crippen LogP contribution in [0.5, 0.6) is 0 Å². The summed E-state index contributed by atoms with van der Waals surface area (Å²) < 4.78 is 8.06. The first kappa shape index (κ1) is 15.7. The van der Waals surface area contributed by atoms with Crippen molar-refractivity contribution in [1.29, 1.82) is 0 Å². The lowest BCUT2D eigenvalue weighted by Gasteiger charge is -2.32. The van der Waals surface area contributed by atoms with Crippen LogP contribution in [0.2, 0.25) is 0 Å². The summed E-state index contributed by atoms with van der Waals surface area (Å²) in [5.74, 6) is 1.15. The minimum atomic E-state index is 0.346. The monoisotopic (exact) mass is 327 g/mol. The van der Waals surface area contributed by atoms with Crippen LogP contribution in [-0.4, -0.2) is 44.6 Å². The Balaban J connectivity index is 1.48. The molecular weight excluding hydrogens is 302 g/mol. The molecule has 0 radical (unpaired) electrons. The van der Waals surface area contributed by atoms with E-state index in [4.69, 9.17) is 4.74 Å². The van der Waals surface area contributed by atoms with Gasteiger partial charge in [-0.15, -0.1) is 5.10 Å². The van der Waals surface area contributed by atoms with Gasteiger partial charge in [-0.1, -0.05) is 11.3 Å². The highest BCUT2D eigenvalue weighted by Crippen LogP contribution is 2.31. The maximum Gasteiger partial charge on any atom is 0.100 e. The summed E-state index contributed by atoms with van der Waals surface area (Å²) in [7, 11) is 0. The zero-order valence-corrected chi connectivity index (χ0v) is 14.3. The van der Waals surface area contributed by atoms with Gasteiger partial charge in [-0.25, -0.2) is 4.68 Å². The predicted molar refractivity (Wildman–Crippen MR) is 90.3 cm³/mol. The van der Waals surface area contributed by atoms with Gasteiger partial charge in [0.05, 0.1) is 12.3 Å². The van der Waals surface area contributed by atoms with Crippen molar-refractivity contribution in [3.05, 3.63) is 41.5 Å². The summed E-state index contributed by atoms with van der Waals surface area (Å²) in [5.41, 5.74) is 3.62. The van der Waals surface area contributed by atoms with Crippen molar-refractivity contribution in [2.24, 2.45) is 5.92 Å². The van der Waals surface area contributed by atoms with Gasteiger partial charge < -0.3 is 4.74 Å². The summed E-state index contributed by atoms with van der Waals surface area (Å²) >= 11 is 0. The van der Waals surface area contributed by atoms with Crippen molar-refractivity contribution in [2.75, 3.05) is 19.8 Å². The van der Waals surface area contributed by atoms with Gasteiger partial charge in [0, 0.05) is 51.1 Å². The molecule has 2 aliphatic rings. The van der Waals surface area contributed by atoms with E-state index < -0.39 is 0 Å². The van der Waals surface area contributed by atoms with E-state index in [-0.39, 0.29) is 0 Å². The molecule has 2 aromatic rings. The Morgan fingerprint density at radius 2 is 2.21 bits per heavy atom. The molecule has 0 aromatic carbocycles. The number of aromatic nitrogens is 4. The molecule has 0 spiro atoms. The van der Waals surface area contributed by atoms with E-state index in [1.165, 1.54) is 24.1 Å². The fourth-order valence-corrected chi connectivity index (χ4v) is 3.49. The summed E-state index contributed by atoms with van der Waals surface area (Å²) in [5, 5.41) is 8.76. The molecule has 128 valence electrons. The molecule has 1 atom stereocenters. The molecule has 1 aliphatic heterocycles. The van der Waals surface area contributed by atoms with Crippen LogP contribution in [0.1, 0.15) is 42.6 Å². The normalized spacial score (nSPS) is 21.0. The lowest BCUT2D eigenvalue weighted by Crippen LogP contribution is -2.36. The Kier molecular flexibility index (Phi) is 4.58. The summed E-state index contributed by atoms with van der Waals surface area (Å²) in [4.78, 5) is 6.65. The van der Waals surface area contributed by atoms with Crippen molar-refractivity contribution in [1.82, 2.24) is 24.9 Å². The van der Waals surface area contributed by atoms with E-state index in [9.17, 15) is 0 Å². The molecule has 0 N–H and O–H groups in total. The molecule has 1 aliphatic carbocycles. The number of rotatable bonds is 7. The average molecular weight is 327 g/mol. The maximum atomic E-state index is 6.01. The Morgan fingerprint density at radius 1 is 1.29 bits per heavy atom. The summed E-state index contributed by atoms with van der Waals surface area (Å²) in [6, 6.07) is 4.12. The molecule has 1 fully saturated rings. The van der Waals surface area contributed by atoms with Gasteiger partial charge in [-0.05, 0) is 37.3 Å². The van der Waals surface area contributed by atoms with Crippen LogP contribution in [-0.2, 0) is 24.4 Å². The van der Waals surface area contributed by atoms with E-state index in [0.29, 0.717) is 5.92 Å². The summed E-state index contributed by atoms with van der Waals surface area (Å²) in [6.45, 7) is 7.39. The molecule has 0 saturated heterocycles. The molecule has 4 rings (SSSR count). The molecule has 6 heteroatoms. The van der Waals surface area contributed by atoms with Gasteiger partial charge >= 0.3 is 0 Å². The topological polar surface area (TPSA) is 56.1 Å². The zero-order valence-electron chi connectivity index (χ0n) is 14.3. The van der Waals surface area contributed by atoms with Crippen LogP contribution in [0.3, 0.4) is 0 Å². The lowest BCUT2D eigenvalue weighted by molar-refractivity contribution is 0.0863. The fourth-order valence-electron chi connectivity index (χ4n) is 3.49. The van der Waals surface area contributed by atoms with Crippen molar-refractivity contribution in [3.8, 4) is 0 Å². The minimum absolute atomic E-state index is 0.346. The molecule has 0 bridgehead atoms. The Bertz CT molecular complexity index is 667. The van der Waals surface area contributed by atoms with Crippen molar-refractivity contribution in [3.63, 3.8) is 0 Å². The molecular formula is C18H25N5O. The third-order valence-electron chi connectivity index (χ3n) is 4.88. The maximum absolute atomic E-state index is 6.01. The molecule has 3 heterocycles. The van der Waals surface area contributed by atoms with Crippen LogP contribution in [0, 0.1) is 5.92 Å². The third kappa shape index (κ3) is 3.49. The SMILES string of the molecule is CCn1nnc2c1C(COCC1CC1)CN(Cc1cccnc1)C2. The number of aryl methyl sites for hydroxylation is 1. The molecule has 1 unspecified atom stereocenters. The minimum Gasteiger partial charge on any atom is -0.380 e. The van der Waals surface area contributed by atoms with Gasteiger partial charge in [-0.2, -0.15) is 0 Å². The van der Waals surface area contributed by atoms with Gasteiger partial charge in [0.1, 0.15) is 5.69 Å². The number of ether oxygens (including phenoxy) is 1. The van der Waals surface area contributed by atoms with E-state index in [0.717, 1.165) is 51.0 Å². The quantitative estimate of drug-likeness (QED) is 0.780. The predicted octanol–water partition coefficient (Wildman–Crippen LogP) is 2.22. The number of nitrogens with zero attached hydrogens (tertiary/aromatic N) is 5. The highest BCUT2D eigenvalue weighted by Gasteiger charge is 2.31. The van der Waals surface area contributed by atoms with Gasteiger partial charge in [0.25, 0.3) is 0 Å². The van der Waals surface area contributed by atoms with Gasteiger partial charge in [0.15, 0.2) is 0 Å². The van der Waals surface area contributed by atoms with E-state index in [1.807, 2.05) is 23.1 Å². The third-order valence-corrected chi connectivity index (χ3v) is 4.88. The highest BCUT2D eigenvalue weighted by atomic mass is 16.5. The second kappa shape index (κ2) is 6.99. The first-order valence-electron chi connectivity index (χ1n) is 8.94. The van der Waals surface area contributed by atoms with Crippen molar-refractivity contribution >= 4 is 0 Å². The van der Waals surface area contributed by atoms with Crippen LogP contribution >= 0.6 is 0 Å². The van der Waals surface area contributed by atoms with Crippen LogP contribution in [0.4, 0.5) is 0 Å². The highest BCUT2D eigenvalue weighted by molar-refractivity contribution is 5.21. The van der Waals surface area contributed by atoms with Gasteiger partial charge in [-0.3, -0.25) is 9.88 Å². The number of hydrogen-bond acceptors (Lipinski definition) is 5. The second-order valence-electron chi connectivity index (χ2n) is 6.95. The number of fused-ring (bicyclic) bond motifs is 1. The van der Waals surface area contributed by atoms with Gasteiger partial charge in [0.2, 0.25) is 0 Å². The van der Waals surface area contributed by atoms with E-state index in [1.54, 1.807) is 0 Å². The lowest BCUT2D eigenvalue weighted by atomic mass is 9.98. The van der Waals surface area contributed by atoms with Crippen LogP contribution in [0.25, 0.3) is 0 Å². The first-order chi connectivity index (χ1) is 11.8. The van der Waals surface area contributed by atoms with Crippen LogP contribution in [0.15, 0.2) is 24.5 Å². The number of hydrogen-bond donors (Lipinski definition) is 0. The standard InChI is InChI=1S/C18H25N5O/c1-2-23-18-16(13-24-12-14-5-6-14)10-22(11-17(18)20-21-23)9-15-4-3-7-19-8-15/h3-4,7-8,14,16H,2,5-6,9-13H2,1H3. The van der Waals surface area contributed by atoms with Crippen molar-refractivity contribution in [2.45, 2.75) is 45.3 Å². The fraction of sp³-hybridized carbons (Fsp3) is 0.611. The Hall–Kier alpha value is -1.79. The smallest absolute Gasteiger partial charge is 0.100 e. The second-order valence-corrected chi connectivity index (χ2v) is 6.95.